The van der Waals surface area contributed by atoms with E-state index in [1.54, 1.807) is 6.20 Å². The Labute approximate surface area is 115 Å². The van der Waals surface area contributed by atoms with E-state index < -0.39 is 0 Å². The van der Waals surface area contributed by atoms with Gasteiger partial charge in [-0.1, -0.05) is 6.92 Å². The second kappa shape index (κ2) is 5.63. The minimum absolute atomic E-state index is 0.124. The lowest BCUT2D eigenvalue weighted by molar-refractivity contribution is 0.625. The van der Waals surface area contributed by atoms with Gasteiger partial charge in [-0.25, -0.2) is 0 Å². The molecule has 18 heavy (non-hydrogen) atoms. The minimum atomic E-state index is -0.124. The van der Waals surface area contributed by atoms with Crippen LogP contribution >= 0.6 is 15.9 Å². The predicted molar refractivity (Wildman–Crippen MR) is 75.2 cm³/mol. The van der Waals surface area contributed by atoms with Crippen LogP contribution in [0.25, 0.3) is 0 Å². The summed E-state index contributed by atoms with van der Waals surface area (Å²) in [5.41, 5.74) is 9.33. The number of aromatic nitrogens is 3. The first-order valence-corrected chi connectivity index (χ1v) is 6.79. The van der Waals surface area contributed by atoms with Crippen LogP contribution in [0.5, 0.6) is 0 Å². The van der Waals surface area contributed by atoms with Crippen molar-refractivity contribution < 1.29 is 0 Å². The first-order chi connectivity index (χ1) is 8.61. The molecule has 2 rings (SSSR count). The lowest BCUT2D eigenvalue weighted by Crippen LogP contribution is -2.17. The monoisotopic (exact) mass is 308 g/mol. The van der Waals surface area contributed by atoms with Crippen molar-refractivity contribution in [1.82, 2.24) is 14.8 Å². The Balaban J connectivity index is 2.18. The van der Waals surface area contributed by atoms with Crippen molar-refractivity contribution in [3.8, 4) is 0 Å². The number of hydrogen-bond donors (Lipinski definition) is 1. The number of aryl methyl sites for hydroxylation is 2. The molecular weight excluding hydrogens is 292 g/mol. The Morgan fingerprint density at radius 3 is 2.89 bits per heavy atom. The number of hydrogen-bond acceptors (Lipinski definition) is 3. The zero-order chi connectivity index (χ0) is 13.1. The van der Waals surface area contributed by atoms with E-state index in [9.17, 15) is 0 Å². The van der Waals surface area contributed by atoms with E-state index in [2.05, 4.69) is 39.0 Å². The Kier molecular flexibility index (Phi) is 4.14. The maximum Gasteiger partial charge on any atom is 0.0716 e. The average molecular weight is 309 g/mol. The summed E-state index contributed by atoms with van der Waals surface area (Å²) in [6.45, 7) is 2.10. The molecule has 0 fully saturated rings. The van der Waals surface area contributed by atoms with Gasteiger partial charge in [0.05, 0.1) is 17.4 Å². The van der Waals surface area contributed by atoms with Gasteiger partial charge in [0.25, 0.3) is 0 Å². The van der Waals surface area contributed by atoms with Crippen molar-refractivity contribution in [1.29, 1.82) is 0 Å². The molecule has 0 spiro atoms. The maximum absolute atomic E-state index is 6.21. The molecule has 0 radical (unpaired) electrons. The summed E-state index contributed by atoms with van der Waals surface area (Å²) in [7, 11) is 1.95. The summed E-state index contributed by atoms with van der Waals surface area (Å²) in [6, 6.07) is 5.83. The largest absolute Gasteiger partial charge is 0.322 e. The molecular formula is C13H17BrN4. The van der Waals surface area contributed by atoms with Crippen LogP contribution in [0.15, 0.2) is 28.9 Å². The summed E-state index contributed by atoms with van der Waals surface area (Å²) in [6.07, 6.45) is 3.44. The molecule has 0 amide bonds. The fourth-order valence-electron chi connectivity index (χ4n) is 1.93. The van der Waals surface area contributed by atoms with Gasteiger partial charge in [0.2, 0.25) is 0 Å². The number of nitrogens with zero attached hydrogens (tertiary/aromatic N) is 3. The van der Waals surface area contributed by atoms with Gasteiger partial charge < -0.3 is 5.73 Å². The van der Waals surface area contributed by atoms with Gasteiger partial charge in [0.1, 0.15) is 0 Å². The molecule has 1 unspecified atom stereocenters. The maximum atomic E-state index is 6.21. The quantitative estimate of drug-likeness (QED) is 0.943. The van der Waals surface area contributed by atoms with Gasteiger partial charge in [-0.05, 0) is 40.5 Å². The van der Waals surface area contributed by atoms with Crippen LogP contribution in [0, 0.1) is 0 Å². The first-order valence-electron chi connectivity index (χ1n) is 5.99. The summed E-state index contributed by atoms with van der Waals surface area (Å²) in [4.78, 5) is 4.33. The first kappa shape index (κ1) is 13.2. The molecule has 2 aromatic heterocycles. The standard InChI is InChI=1S/C13H17BrN4/c1-3-9-7-10(18(2)17-9)8-12(15)13-11(14)5-4-6-16-13/h4-7,12H,3,8,15H2,1-2H3. The molecule has 0 aliphatic heterocycles. The number of rotatable bonds is 4. The summed E-state index contributed by atoms with van der Waals surface area (Å²) >= 11 is 3.48. The minimum Gasteiger partial charge on any atom is -0.322 e. The van der Waals surface area contributed by atoms with Crippen LogP contribution in [0.3, 0.4) is 0 Å². The van der Waals surface area contributed by atoms with Gasteiger partial charge in [-0.3, -0.25) is 9.67 Å². The molecule has 4 nitrogen and oxygen atoms in total. The van der Waals surface area contributed by atoms with Crippen LogP contribution in [-0.2, 0) is 19.9 Å². The number of halogens is 1. The van der Waals surface area contributed by atoms with E-state index >= 15 is 0 Å². The van der Waals surface area contributed by atoms with Crippen LogP contribution in [0.1, 0.15) is 30.0 Å². The Bertz CT molecular complexity index is 536. The van der Waals surface area contributed by atoms with Crippen LogP contribution in [0.2, 0.25) is 0 Å². The predicted octanol–water partition coefficient (Wildman–Crippen LogP) is 2.38. The fraction of sp³-hybridized carbons (Fsp3) is 0.385. The zero-order valence-electron chi connectivity index (χ0n) is 10.6. The number of pyridine rings is 1. The molecule has 0 saturated heterocycles. The average Bonchev–Trinajstić information content (AvgIpc) is 2.70. The SMILES string of the molecule is CCc1cc(CC(N)c2ncccc2Br)n(C)n1. The second-order valence-corrected chi connectivity index (χ2v) is 5.14. The van der Waals surface area contributed by atoms with Crippen LogP contribution in [0.4, 0.5) is 0 Å². The third-order valence-corrected chi connectivity index (χ3v) is 3.63. The highest BCUT2D eigenvalue weighted by Gasteiger charge is 2.14. The van der Waals surface area contributed by atoms with E-state index in [-0.39, 0.29) is 6.04 Å². The topological polar surface area (TPSA) is 56.7 Å². The molecule has 0 aliphatic carbocycles. The van der Waals surface area contributed by atoms with Crippen molar-refractivity contribution in [3.63, 3.8) is 0 Å². The van der Waals surface area contributed by atoms with E-state index in [4.69, 9.17) is 5.73 Å². The smallest absolute Gasteiger partial charge is 0.0716 e. The molecule has 96 valence electrons. The zero-order valence-corrected chi connectivity index (χ0v) is 12.2. The van der Waals surface area contributed by atoms with Gasteiger partial charge in [-0.15, -0.1) is 0 Å². The molecule has 1 atom stereocenters. The highest BCUT2D eigenvalue weighted by molar-refractivity contribution is 9.10. The highest BCUT2D eigenvalue weighted by Crippen LogP contribution is 2.22. The Morgan fingerprint density at radius 1 is 1.50 bits per heavy atom. The molecule has 0 aliphatic rings. The summed E-state index contributed by atoms with van der Waals surface area (Å²) < 4.78 is 2.85. The van der Waals surface area contributed by atoms with Crippen LogP contribution < -0.4 is 5.73 Å². The highest BCUT2D eigenvalue weighted by atomic mass is 79.9. The summed E-state index contributed by atoms with van der Waals surface area (Å²) in [5, 5.41) is 4.43. The fourth-order valence-corrected chi connectivity index (χ4v) is 2.48. The third kappa shape index (κ3) is 2.79. The lowest BCUT2D eigenvalue weighted by Gasteiger charge is -2.12. The van der Waals surface area contributed by atoms with E-state index in [0.717, 1.165) is 34.4 Å². The van der Waals surface area contributed by atoms with Crippen molar-refractivity contribution in [2.24, 2.45) is 12.8 Å². The van der Waals surface area contributed by atoms with Crippen molar-refractivity contribution in [3.05, 3.63) is 46.0 Å². The third-order valence-electron chi connectivity index (χ3n) is 2.96. The van der Waals surface area contributed by atoms with Crippen LogP contribution in [-0.4, -0.2) is 14.8 Å². The molecule has 0 aromatic carbocycles. The number of nitrogens with two attached hydrogens (primary N) is 1. The molecule has 0 bridgehead atoms. The van der Waals surface area contributed by atoms with E-state index in [0.29, 0.717) is 0 Å². The molecule has 0 saturated carbocycles. The van der Waals surface area contributed by atoms with Gasteiger partial charge in [-0.2, -0.15) is 5.10 Å². The lowest BCUT2D eigenvalue weighted by atomic mass is 10.1. The van der Waals surface area contributed by atoms with Crippen molar-refractivity contribution >= 4 is 15.9 Å². The van der Waals surface area contributed by atoms with Gasteiger partial charge >= 0.3 is 0 Å². The summed E-state index contributed by atoms with van der Waals surface area (Å²) in [5.74, 6) is 0. The Morgan fingerprint density at radius 2 is 2.28 bits per heavy atom. The molecule has 2 N–H and O–H groups in total. The second-order valence-electron chi connectivity index (χ2n) is 4.29. The van der Waals surface area contributed by atoms with E-state index in [1.165, 1.54) is 0 Å². The van der Waals surface area contributed by atoms with Gasteiger partial charge in [0.15, 0.2) is 0 Å². The van der Waals surface area contributed by atoms with Crippen molar-refractivity contribution in [2.45, 2.75) is 25.8 Å². The molecule has 5 heteroatoms. The van der Waals surface area contributed by atoms with E-state index in [1.807, 2.05) is 23.9 Å². The molecule has 2 aromatic rings. The van der Waals surface area contributed by atoms with Crippen molar-refractivity contribution in [2.75, 3.05) is 0 Å². The normalized spacial score (nSPS) is 12.7. The Hall–Kier alpha value is -1.20. The van der Waals surface area contributed by atoms with Gasteiger partial charge in [0, 0.05) is 29.8 Å². The molecule has 2 heterocycles.